The van der Waals surface area contributed by atoms with Gasteiger partial charge in [-0.3, -0.25) is 0 Å². The monoisotopic (exact) mass is 134 g/mol. The van der Waals surface area contributed by atoms with Gasteiger partial charge in [0.05, 0.1) is 0 Å². The van der Waals surface area contributed by atoms with Crippen molar-refractivity contribution in [3.05, 3.63) is 12.2 Å². The Kier molecular flexibility index (Phi) is 3.45. The normalized spacial score (nSPS) is 29.9. The van der Waals surface area contributed by atoms with Crippen molar-refractivity contribution in [2.24, 2.45) is 5.41 Å². The van der Waals surface area contributed by atoms with Gasteiger partial charge in [0.2, 0.25) is 0 Å². The van der Waals surface area contributed by atoms with Crippen LogP contribution in [0, 0.1) is 5.41 Å². The van der Waals surface area contributed by atoms with E-state index in [0.717, 1.165) is 6.42 Å². The average Bonchev–Trinajstić information content (AvgIpc) is 1.86. The molecule has 0 unspecified atom stereocenters. The van der Waals surface area contributed by atoms with E-state index in [1.807, 2.05) is 19.9 Å². The maximum atomic E-state index is 10.9. The van der Waals surface area contributed by atoms with Gasteiger partial charge < -0.3 is 5.11 Å². The van der Waals surface area contributed by atoms with E-state index in [4.69, 9.17) is 0 Å². The summed E-state index contributed by atoms with van der Waals surface area (Å²) < 4.78 is 0. The molecule has 0 saturated heterocycles. The van der Waals surface area contributed by atoms with Crippen molar-refractivity contribution in [1.29, 1.82) is 0 Å². The van der Waals surface area contributed by atoms with Crippen LogP contribution in [0.4, 0.5) is 0 Å². The molecule has 0 N–H and O–H groups in total. The second kappa shape index (κ2) is 3.20. The molecule has 0 fully saturated rings. The Hall–Kier alpha value is 0.700. The molecule has 0 heterocycles. The van der Waals surface area contributed by atoms with Crippen molar-refractivity contribution in [1.82, 2.24) is 0 Å². The Labute approximate surface area is 78.4 Å². The zero-order chi connectivity index (χ0) is 6.20. The van der Waals surface area contributed by atoms with Crippen molar-refractivity contribution in [2.45, 2.75) is 26.4 Å². The molecule has 0 bridgehead atoms. The topological polar surface area (TPSA) is 23.1 Å². The molecule has 1 atom stereocenters. The van der Waals surface area contributed by atoms with Gasteiger partial charge in [-0.2, -0.15) is 0 Å². The van der Waals surface area contributed by atoms with Crippen LogP contribution in [0.15, 0.2) is 12.2 Å². The minimum Gasteiger partial charge on any atom is -0.849 e. The first-order valence-corrected chi connectivity index (χ1v) is 2.95. The Morgan fingerprint density at radius 3 is 2.22 bits per heavy atom. The molecule has 9 heavy (non-hydrogen) atoms. The maximum Gasteiger partial charge on any atom is 1.00 e. The number of hydrogen-bond donors (Lipinski definition) is 0. The van der Waals surface area contributed by atoms with Crippen LogP contribution in [-0.4, -0.2) is 6.10 Å². The minimum absolute atomic E-state index is 0. The maximum absolute atomic E-state index is 10.9. The fourth-order valence-corrected chi connectivity index (χ4v) is 0.872. The van der Waals surface area contributed by atoms with Crippen LogP contribution in [0.3, 0.4) is 0 Å². The molecule has 46 valence electrons. The second-order valence-corrected chi connectivity index (χ2v) is 3.04. The largest absolute Gasteiger partial charge is 1.00 e. The third-order valence-electron chi connectivity index (χ3n) is 1.73. The molecule has 1 aliphatic rings. The summed E-state index contributed by atoms with van der Waals surface area (Å²) in [6, 6.07) is 0. The van der Waals surface area contributed by atoms with Gasteiger partial charge >= 0.3 is 29.6 Å². The van der Waals surface area contributed by atoms with Gasteiger partial charge in [0.15, 0.2) is 0 Å². The minimum atomic E-state index is -0.470. The first-order valence-electron chi connectivity index (χ1n) is 2.95. The molecule has 1 nitrogen and oxygen atoms in total. The zero-order valence-electron chi connectivity index (χ0n) is 6.35. The smallest absolute Gasteiger partial charge is 0.849 e. The number of rotatable bonds is 0. The Balaban J connectivity index is 0.000000640. The van der Waals surface area contributed by atoms with E-state index in [2.05, 4.69) is 0 Å². The summed E-state index contributed by atoms with van der Waals surface area (Å²) in [7, 11) is 0. The summed E-state index contributed by atoms with van der Waals surface area (Å²) in [6.07, 6.45) is 4.20. The van der Waals surface area contributed by atoms with Gasteiger partial charge in [0, 0.05) is 0 Å². The molecule has 1 rings (SSSR count). The van der Waals surface area contributed by atoms with Crippen LogP contribution in [0.25, 0.3) is 0 Å². The molecular formula is C7H11NaO. The molecule has 0 aromatic carbocycles. The molecule has 0 radical (unpaired) electrons. The predicted octanol–water partition coefficient (Wildman–Crippen LogP) is -2.29. The fraction of sp³-hybridized carbons (Fsp3) is 0.714. The third-order valence-corrected chi connectivity index (χ3v) is 1.73. The molecule has 2 heteroatoms. The molecule has 0 amide bonds. The summed E-state index contributed by atoms with van der Waals surface area (Å²) >= 11 is 0. The van der Waals surface area contributed by atoms with Gasteiger partial charge in [-0.15, -0.1) is 12.2 Å². The Morgan fingerprint density at radius 1 is 1.56 bits per heavy atom. The molecule has 0 saturated carbocycles. The summed E-state index contributed by atoms with van der Waals surface area (Å²) in [4.78, 5) is 0. The van der Waals surface area contributed by atoms with Crippen LogP contribution < -0.4 is 34.7 Å². The van der Waals surface area contributed by atoms with Crippen LogP contribution in [0.1, 0.15) is 20.3 Å². The number of allylic oxidation sites excluding steroid dienone is 1. The first-order chi connectivity index (χ1) is 3.63. The van der Waals surface area contributed by atoms with Crippen molar-refractivity contribution in [3.8, 4) is 0 Å². The van der Waals surface area contributed by atoms with Crippen molar-refractivity contribution >= 4 is 0 Å². The van der Waals surface area contributed by atoms with E-state index in [1.165, 1.54) is 0 Å². The van der Waals surface area contributed by atoms with E-state index in [0.29, 0.717) is 0 Å². The molecule has 0 aromatic rings. The third kappa shape index (κ3) is 2.08. The molecule has 1 aliphatic carbocycles. The quantitative estimate of drug-likeness (QED) is 0.270. The standard InChI is InChI=1S/C7H11O.Na/c1-7(2)5-3-4-6(7)8;/h3-4,6H,5H2,1-2H3;/q-1;+1/t6-;/m0./s1. The Morgan fingerprint density at radius 2 is 2.11 bits per heavy atom. The van der Waals surface area contributed by atoms with Gasteiger partial charge in [-0.1, -0.05) is 19.9 Å². The molecular weight excluding hydrogens is 123 g/mol. The van der Waals surface area contributed by atoms with Crippen molar-refractivity contribution < 1.29 is 34.7 Å². The van der Waals surface area contributed by atoms with Crippen molar-refractivity contribution in [3.63, 3.8) is 0 Å². The van der Waals surface area contributed by atoms with Gasteiger partial charge in [0.25, 0.3) is 0 Å². The average molecular weight is 134 g/mol. The van der Waals surface area contributed by atoms with Crippen LogP contribution in [-0.2, 0) is 0 Å². The fourth-order valence-electron chi connectivity index (χ4n) is 0.872. The molecule has 0 aromatic heterocycles. The second-order valence-electron chi connectivity index (χ2n) is 3.04. The summed E-state index contributed by atoms with van der Waals surface area (Å²) in [5, 5.41) is 10.9. The first kappa shape index (κ1) is 9.70. The van der Waals surface area contributed by atoms with E-state index in [9.17, 15) is 5.11 Å². The zero-order valence-corrected chi connectivity index (χ0v) is 8.35. The van der Waals surface area contributed by atoms with E-state index in [1.54, 1.807) is 6.08 Å². The SMILES string of the molecule is CC1(C)CC=C[C@@H]1[O-].[Na+]. The van der Waals surface area contributed by atoms with E-state index in [-0.39, 0.29) is 35.0 Å². The van der Waals surface area contributed by atoms with Crippen LogP contribution in [0.2, 0.25) is 0 Å². The van der Waals surface area contributed by atoms with Crippen LogP contribution >= 0.6 is 0 Å². The Bertz CT molecular complexity index is 118. The molecule has 0 aliphatic heterocycles. The van der Waals surface area contributed by atoms with Gasteiger partial charge in [0.1, 0.15) is 0 Å². The summed E-state index contributed by atoms with van der Waals surface area (Å²) in [6.45, 7) is 4.01. The molecule has 0 spiro atoms. The summed E-state index contributed by atoms with van der Waals surface area (Å²) in [5.41, 5.74) is -0.0139. The summed E-state index contributed by atoms with van der Waals surface area (Å²) in [5.74, 6) is 0. The predicted molar refractivity (Wildman–Crippen MR) is 31.3 cm³/mol. The van der Waals surface area contributed by atoms with E-state index >= 15 is 0 Å². The van der Waals surface area contributed by atoms with E-state index < -0.39 is 6.10 Å². The van der Waals surface area contributed by atoms with Gasteiger partial charge in [-0.25, -0.2) is 0 Å². The number of hydrogen-bond acceptors (Lipinski definition) is 1. The van der Waals surface area contributed by atoms with Crippen molar-refractivity contribution in [2.75, 3.05) is 0 Å². The van der Waals surface area contributed by atoms with Crippen LogP contribution in [0.5, 0.6) is 0 Å². The van der Waals surface area contributed by atoms with Gasteiger partial charge in [-0.05, 0) is 11.8 Å².